The van der Waals surface area contributed by atoms with Gasteiger partial charge in [0.1, 0.15) is 0 Å². The van der Waals surface area contributed by atoms with Gasteiger partial charge in [0.25, 0.3) is 0 Å². The number of benzene rings is 1. The fraction of sp³-hybridized carbons (Fsp3) is 0.647. The second kappa shape index (κ2) is 7.77. The molecular weight excluding hydrogens is 250 g/mol. The maximum atomic E-state index is 6.01. The van der Waals surface area contributed by atoms with Gasteiger partial charge in [-0.15, -0.1) is 0 Å². The highest BCUT2D eigenvalue weighted by Crippen LogP contribution is 2.19. The van der Waals surface area contributed by atoms with Crippen molar-refractivity contribution in [1.29, 1.82) is 0 Å². The molecule has 0 bridgehead atoms. The third kappa shape index (κ3) is 4.58. The number of rotatable bonds is 7. The molecule has 1 aromatic rings. The van der Waals surface area contributed by atoms with Crippen LogP contribution in [0.4, 0.5) is 0 Å². The predicted molar refractivity (Wildman–Crippen MR) is 82.1 cm³/mol. The average Bonchev–Trinajstić information content (AvgIpc) is 2.91. The Morgan fingerprint density at radius 1 is 1.30 bits per heavy atom. The van der Waals surface area contributed by atoms with E-state index < -0.39 is 0 Å². The van der Waals surface area contributed by atoms with Gasteiger partial charge >= 0.3 is 0 Å². The molecule has 1 aromatic carbocycles. The first-order valence-electron chi connectivity index (χ1n) is 7.70. The lowest BCUT2D eigenvalue weighted by Gasteiger charge is -2.22. The SMILES string of the molecule is CCCNC(COC1CCOC1)c1cc(C)cc(C)c1. The fourth-order valence-corrected chi connectivity index (χ4v) is 2.68. The summed E-state index contributed by atoms with van der Waals surface area (Å²) in [5.41, 5.74) is 3.95. The van der Waals surface area contributed by atoms with E-state index in [2.05, 4.69) is 44.3 Å². The zero-order valence-electron chi connectivity index (χ0n) is 12.9. The van der Waals surface area contributed by atoms with Gasteiger partial charge in [0.05, 0.1) is 25.4 Å². The molecule has 0 aromatic heterocycles. The molecule has 0 radical (unpaired) electrons. The zero-order chi connectivity index (χ0) is 14.4. The average molecular weight is 277 g/mol. The summed E-state index contributed by atoms with van der Waals surface area (Å²) in [5.74, 6) is 0. The van der Waals surface area contributed by atoms with Crippen molar-refractivity contribution in [3.63, 3.8) is 0 Å². The summed E-state index contributed by atoms with van der Waals surface area (Å²) < 4.78 is 11.4. The molecule has 1 aliphatic rings. The van der Waals surface area contributed by atoms with Crippen molar-refractivity contribution in [3.05, 3.63) is 34.9 Å². The molecule has 1 aliphatic heterocycles. The third-order valence-corrected chi connectivity index (χ3v) is 3.67. The molecule has 2 unspecified atom stereocenters. The van der Waals surface area contributed by atoms with Crippen molar-refractivity contribution in [2.75, 3.05) is 26.4 Å². The van der Waals surface area contributed by atoms with Crippen molar-refractivity contribution in [2.24, 2.45) is 0 Å². The van der Waals surface area contributed by atoms with Crippen LogP contribution in [0.5, 0.6) is 0 Å². The lowest BCUT2D eigenvalue weighted by atomic mass is 10.0. The molecule has 0 aliphatic carbocycles. The molecule has 0 spiro atoms. The first kappa shape index (κ1) is 15.5. The normalized spacial score (nSPS) is 20.2. The standard InChI is InChI=1S/C17H27NO2/c1-4-6-18-17(12-20-16-5-7-19-11-16)15-9-13(2)8-14(3)10-15/h8-10,16-18H,4-7,11-12H2,1-3H3. The monoisotopic (exact) mass is 277 g/mol. The van der Waals surface area contributed by atoms with Crippen LogP contribution in [-0.2, 0) is 9.47 Å². The van der Waals surface area contributed by atoms with Gasteiger partial charge in [0.15, 0.2) is 0 Å². The number of aryl methyl sites for hydroxylation is 2. The molecule has 3 nitrogen and oxygen atoms in total. The molecule has 2 atom stereocenters. The van der Waals surface area contributed by atoms with Crippen molar-refractivity contribution in [1.82, 2.24) is 5.32 Å². The van der Waals surface area contributed by atoms with Crippen LogP contribution in [0, 0.1) is 13.8 Å². The second-order valence-corrected chi connectivity index (χ2v) is 5.75. The van der Waals surface area contributed by atoms with E-state index in [1.165, 1.54) is 16.7 Å². The molecule has 20 heavy (non-hydrogen) atoms. The Kier molecular flexibility index (Phi) is 6.02. The smallest absolute Gasteiger partial charge is 0.0831 e. The van der Waals surface area contributed by atoms with E-state index in [1.54, 1.807) is 0 Å². The summed E-state index contributed by atoms with van der Waals surface area (Å²) >= 11 is 0. The maximum Gasteiger partial charge on any atom is 0.0831 e. The molecular formula is C17H27NO2. The van der Waals surface area contributed by atoms with Crippen molar-refractivity contribution >= 4 is 0 Å². The van der Waals surface area contributed by atoms with Gasteiger partial charge in [0.2, 0.25) is 0 Å². The topological polar surface area (TPSA) is 30.5 Å². The third-order valence-electron chi connectivity index (χ3n) is 3.67. The lowest BCUT2D eigenvalue weighted by Crippen LogP contribution is -2.28. The zero-order valence-corrected chi connectivity index (χ0v) is 12.9. The molecule has 0 saturated carbocycles. The minimum atomic E-state index is 0.270. The van der Waals surface area contributed by atoms with Crippen LogP contribution < -0.4 is 5.32 Å². The van der Waals surface area contributed by atoms with Crippen molar-refractivity contribution in [2.45, 2.75) is 45.8 Å². The lowest BCUT2D eigenvalue weighted by molar-refractivity contribution is 0.0297. The first-order valence-corrected chi connectivity index (χ1v) is 7.70. The summed E-state index contributed by atoms with van der Waals surface area (Å²) in [6.07, 6.45) is 2.42. The van der Waals surface area contributed by atoms with Gasteiger partial charge in [-0.3, -0.25) is 0 Å². The number of hydrogen-bond donors (Lipinski definition) is 1. The highest BCUT2D eigenvalue weighted by atomic mass is 16.5. The Morgan fingerprint density at radius 2 is 2.05 bits per heavy atom. The molecule has 2 rings (SSSR count). The molecule has 1 saturated heterocycles. The van der Waals surface area contributed by atoms with Gasteiger partial charge < -0.3 is 14.8 Å². The van der Waals surface area contributed by atoms with E-state index in [1.807, 2.05) is 0 Å². The van der Waals surface area contributed by atoms with Crippen LogP contribution in [0.25, 0.3) is 0 Å². The summed E-state index contributed by atoms with van der Waals surface area (Å²) in [6.45, 7) is 9.81. The summed E-state index contributed by atoms with van der Waals surface area (Å²) in [6, 6.07) is 7.00. The van der Waals surface area contributed by atoms with Crippen LogP contribution in [0.3, 0.4) is 0 Å². The second-order valence-electron chi connectivity index (χ2n) is 5.75. The highest BCUT2D eigenvalue weighted by molar-refractivity contribution is 5.30. The minimum Gasteiger partial charge on any atom is -0.379 e. The van der Waals surface area contributed by atoms with E-state index in [0.29, 0.717) is 0 Å². The summed E-state index contributed by atoms with van der Waals surface area (Å²) in [5, 5.41) is 3.60. The molecule has 112 valence electrons. The van der Waals surface area contributed by atoms with Crippen LogP contribution in [0.1, 0.15) is 42.5 Å². The Labute approximate surface area is 122 Å². The Balaban J connectivity index is 2.00. The van der Waals surface area contributed by atoms with Crippen LogP contribution >= 0.6 is 0 Å². The largest absolute Gasteiger partial charge is 0.379 e. The van der Waals surface area contributed by atoms with E-state index in [0.717, 1.165) is 39.2 Å². The summed E-state index contributed by atoms with van der Waals surface area (Å²) in [7, 11) is 0. The van der Waals surface area contributed by atoms with E-state index in [9.17, 15) is 0 Å². The Morgan fingerprint density at radius 3 is 2.65 bits per heavy atom. The molecule has 1 heterocycles. The van der Waals surface area contributed by atoms with E-state index >= 15 is 0 Å². The van der Waals surface area contributed by atoms with Gasteiger partial charge in [-0.25, -0.2) is 0 Å². The van der Waals surface area contributed by atoms with Gasteiger partial charge in [-0.2, -0.15) is 0 Å². The van der Waals surface area contributed by atoms with Gasteiger partial charge in [-0.1, -0.05) is 36.2 Å². The van der Waals surface area contributed by atoms with Gasteiger partial charge in [-0.05, 0) is 38.8 Å². The van der Waals surface area contributed by atoms with Gasteiger partial charge in [0, 0.05) is 6.61 Å². The minimum absolute atomic E-state index is 0.270. The molecule has 1 N–H and O–H groups in total. The van der Waals surface area contributed by atoms with Crippen molar-refractivity contribution in [3.8, 4) is 0 Å². The van der Waals surface area contributed by atoms with Crippen LogP contribution in [0.15, 0.2) is 18.2 Å². The summed E-state index contributed by atoms with van der Waals surface area (Å²) in [4.78, 5) is 0. The number of nitrogens with one attached hydrogen (secondary N) is 1. The quantitative estimate of drug-likeness (QED) is 0.830. The van der Waals surface area contributed by atoms with E-state index in [4.69, 9.17) is 9.47 Å². The number of hydrogen-bond acceptors (Lipinski definition) is 3. The molecule has 1 fully saturated rings. The van der Waals surface area contributed by atoms with E-state index in [-0.39, 0.29) is 12.1 Å². The van der Waals surface area contributed by atoms with Crippen LogP contribution in [0.2, 0.25) is 0 Å². The first-order chi connectivity index (χ1) is 9.69. The highest BCUT2D eigenvalue weighted by Gasteiger charge is 2.19. The Hall–Kier alpha value is -0.900. The van der Waals surface area contributed by atoms with Crippen molar-refractivity contribution < 1.29 is 9.47 Å². The number of ether oxygens (including phenoxy) is 2. The molecule has 3 heteroatoms. The predicted octanol–water partition coefficient (Wildman–Crippen LogP) is 3.15. The van der Waals surface area contributed by atoms with Crippen LogP contribution in [-0.4, -0.2) is 32.5 Å². The maximum absolute atomic E-state index is 6.01. The molecule has 0 amide bonds. The Bertz CT molecular complexity index is 393. The fourth-order valence-electron chi connectivity index (χ4n) is 2.68.